The van der Waals surface area contributed by atoms with Gasteiger partial charge in [0.05, 0.1) is 12.8 Å². The van der Waals surface area contributed by atoms with Crippen molar-refractivity contribution in [2.24, 2.45) is 0 Å². The summed E-state index contributed by atoms with van der Waals surface area (Å²) in [5.74, 6) is -1.40. The molecule has 106 valence electrons. The van der Waals surface area contributed by atoms with Gasteiger partial charge in [0, 0.05) is 19.0 Å². The molecule has 0 aromatic rings. The molecule has 0 aromatic heterocycles. The largest absolute Gasteiger partial charge is 0.481 e. The van der Waals surface area contributed by atoms with E-state index < -0.39 is 27.4 Å². The van der Waals surface area contributed by atoms with E-state index in [-0.39, 0.29) is 19.4 Å². The van der Waals surface area contributed by atoms with E-state index in [4.69, 9.17) is 5.11 Å². The molecule has 7 nitrogen and oxygen atoms in total. The number of likely N-dealkylation sites (N-methyl/N-ethyl adjacent to an activating group) is 1. The molecule has 0 aromatic carbocycles. The highest BCUT2D eigenvalue weighted by Crippen LogP contribution is 2.11. The highest BCUT2D eigenvalue weighted by Gasteiger charge is 2.23. The molecule has 0 atom stereocenters. The molecule has 0 saturated carbocycles. The highest BCUT2D eigenvalue weighted by atomic mass is 32.2. The van der Waals surface area contributed by atoms with Crippen LogP contribution >= 0.6 is 0 Å². The number of rotatable bonds is 7. The molecule has 0 aliphatic carbocycles. The van der Waals surface area contributed by atoms with E-state index in [1.807, 2.05) is 0 Å². The maximum atomic E-state index is 11.6. The second-order valence-electron chi connectivity index (χ2n) is 4.84. The van der Waals surface area contributed by atoms with Crippen LogP contribution in [0.1, 0.15) is 26.7 Å². The maximum Gasteiger partial charge on any atom is 0.303 e. The summed E-state index contributed by atoms with van der Waals surface area (Å²) < 4.78 is 23.2. The molecule has 0 bridgehead atoms. The first-order chi connectivity index (χ1) is 7.94. The minimum atomic E-state index is -3.40. The van der Waals surface area contributed by atoms with Gasteiger partial charge in [-0.05, 0) is 20.3 Å². The lowest BCUT2D eigenvalue weighted by Gasteiger charge is -2.26. The van der Waals surface area contributed by atoms with Crippen LogP contribution < -0.4 is 5.32 Å². The van der Waals surface area contributed by atoms with E-state index in [1.165, 1.54) is 7.05 Å². The van der Waals surface area contributed by atoms with Gasteiger partial charge in [-0.25, -0.2) is 8.42 Å². The van der Waals surface area contributed by atoms with Crippen LogP contribution in [0.4, 0.5) is 0 Å². The quantitative estimate of drug-likeness (QED) is 0.662. The molecule has 0 heterocycles. The van der Waals surface area contributed by atoms with E-state index in [0.717, 1.165) is 10.6 Å². The molecule has 0 saturated heterocycles. The van der Waals surface area contributed by atoms with Gasteiger partial charge in [-0.3, -0.25) is 9.59 Å². The third-order valence-corrected chi connectivity index (χ3v) is 3.64. The van der Waals surface area contributed by atoms with Crippen LogP contribution in [0.3, 0.4) is 0 Å². The third kappa shape index (κ3) is 7.23. The molecule has 0 unspecified atom stereocenters. The van der Waals surface area contributed by atoms with Crippen molar-refractivity contribution in [3.05, 3.63) is 0 Å². The zero-order valence-electron chi connectivity index (χ0n) is 11.1. The Hall–Kier alpha value is -1.15. The number of amides is 1. The Bertz CT molecular complexity index is 416. The van der Waals surface area contributed by atoms with Crippen LogP contribution in [0.2, 0.25) is 0 Å². The average molecular weight is 280 g/mol. The molecule has 0 rings (SSSR count). The van der Waals surface area contributed by atoms with Crippen LogP contribution in [-0.4, -0.2) is 55.1 Å². The van der Waals surface area contributed by atoms with Crippen LogP contribution in [0, 0.1) is 0 Å². The highest BCUT2D eigenvalue weighted by molar-refractivity contribution is 7.88. The predicted molar refractivity (Wildman–Crippen MR) is 66.6 cm³/mol. The Morgan fingerprint density at radius 3 is 2.22 bits per heavy atom. The molecular formula is C10H20N2O5S. The van der Waals surface area contributed by atoms with Gasteiger partial charge in [0.2, 0.25) is 15.9 Å². The minimum absolute atomic E-state index is 0.0603. The van der Waals surface area contributed by atoms with Gasteiger partial charge < -0.3 is 10.4 Å². The van der Waals surface area contributed by atoms with Crippen molar-refractivity contribution in [2.45, 2.75) is 32.2 Å². The number of hydrogen-bond donors (Lipinski definition) is 2. The van der Waals surface area contributed by atoms with Crippen molar-refractivity contribution < 1.29 is 23.1 Å². The molecule has 0 fully saturated rings. The minimum Gasteiger partial charge on any atom is -0.481 e. The van der Waals surface area contributed by atoms with E-state index in [2.05, 4.69) is 5.32 Å². The first-order valence-corrected chi connectivity index (χ1v) is 7.23. The van der Waals surface area contributed by atoms with Crippen molar-refractivity contribution in [3.63, 3.8) is 0 Å². The van der Waals surface area contributed by atoms with E-state index >= 15 is 0 Å². The van der Waals surface area contributed by atoms with Gasteiger partial charge >= 0.3 is 5.97 Å². The summed E-state index contributed by atoms with van der Waals surface area (Å²) >= 11 is 0. The molecule has 0 radical (unpaired) electrons. The molecular weight excluding hydrogens is 260 g/mol. The molecule has 8 heteroatoms. The van der Waals surface area contributed by atoms with Gasteiger partial charge in [0.25, 0.3) is 0 Å². The van der Waals surface area contributed by atoms with Gasteiger partial charge in [-0.2, -0.15) is 4.31 Å². The normalized spacial score (nSPS) is 12.5. The fourth-order valence-electron chi connectivity index (χ4n) is 1.22. The number of carboxylic acids is 1. The third-order valence-electron chi connectivity index (χ3n) is 2.37. The summed E-state index contributed by atoms with van der Waals surface area (Å²) in [6.45, 7) is 3.10. The summed E-state index contributed by atoms with van der Waals surface area (Å²) in [5, 5.41) is 11.2. The number of nitrogens with zero attached hydrogens (tertiary/aromatic N) is 1. The Morgan fingerprint density at radius 2 is 1.83 bits per heavy atom. The second-order valence-corrected chi connectivity index (χ2v) is 6.93. The molecule has 1 amide bonds. The molecule has 2 N–H and O–H groups in total. The van der Waals surface area contributed by atoms with E-state index in [0.29, 0.717) is 0 Å². The number of sulfonamides is 1. The van der Waals surface area contributed by atoms with Crippen molar-refractivity contribution in [1.82, 2.24) is 9.62 Å². The Morgan fingerprint density at radius 1 is 1.33 bits per heavy atom. The standard InChI is InChI=1S/C10H20N2O5S/c1-10(2,6-5-9(14)15)11-8(13)7-12(3)18(4,16)17/h5-7H2,1-4H3,(H,11,13)(H,14,15). The molecule has 18 heavy (non-hydrogen) atoms. The SMILES string of the molecule is CN(CC(=O)NC(C)(C)CCC(=O)O)S(C)(=O)=O. The predicted octanol–water partition coefficient (Wildman–Crippen LogP) is -0.363. The first-order valence-electron chi connectivity index (χ1n) is 5.38. The van der Waals surface area contributed by atoms with Crippen molar-refractivity contribution in [1.29, 1.82) is 0 Å². The molecule has 0 spiro atoms. The van der Waals surface area contributed by atoms with Crippen LogP contribution in [0.25, 0.3) is 0 Å². The second kappa shape index (κ2) is 6.14. The number of hydrogen-bond acceptors (Lipinski definition) is 4. The zero-order valence-corrected chi connectivity index (χ0v) is 11.9. The van der Waals surface area contributed by atoms with Crippen molar-refractivity contribution >= 4 is 21.9 Å². The Kier molecular flexibility index (Phi) is 5.75. The molecule has 0 aliphatic heterocycles. The Balaban J connectivity index is 4.35. The number of carbonyl (C=O) groups excluding carboxylic acids is 1. The molecule has 0 aliphatic rings. The lowest BCUT2D eigenvalue weighted by atomic mass is 9.98. The zero-order chi connectivity index (χ0) is 14.6. The number of nitrogens with one attached hydrogen (secondary N) is 1. The lowest BCUT2D eigenvalue weighted by Crippen LogP contribution is -2.48. The van der Waals surface area contributed by atoms with Gasteiger partial charge in [-0.15, -0.1) is 0 Å². The van der Waals surface area contributed by atoms with Gasteiger partial charge in [-0.1, -0.05) is 0 Å². The summed E-state index contributed by atoms with van der Waals surface area (Å²) in [6, 6.07) is 0. The van der Waals surface area contributed by atoms with Crippen molar-refractivity contribution in [3.8, 4) is 0 Å². The number of carboxylic acid groups (broad SMARTS) is 1. The van der Waals surface area contributed by atoms with Crippen LogP contribution in [0.15, 0.2) is 0 Å². The van der Waals surface area contributed by atoms with E-state index in [1.54, 1.807) is 13.8 Å². The summed E-state index contributed by atoms with van der Waals surface area (Å²) in [6.07, 6.45) is 1.22. The smallest absolute Gasteiger partial charge is 0.303 e. The lowest BCUT2D eigenvalue weighted by molar-refractivity contribution is -0.137. The van der Waals surface area contributed by atoms with Crippen molar-refractivity contribution in [2.75, 3.05) is 19.8 Å². The summed E-state index contributed by atoms with van der Waals surface area (Å²) in [5.41, 5.74) is -0.687. The number of aliphatic carboxylic acids is 1. The first kappa shape index (κ1) is 16.9. The van der Waals surface area contributed by atoms with Crippen LogP contribution in [0.5, 0.6) is 0 Å². The van der Waals surface area contributed by atoms with Crippen LogP contribution in [-0.2, 0) is 19.6 Å². The monoisotopic (exact) mass is 280 g/mol. The average Bonchev–Trinajstić information content (AvgIpc) is 2.12. The fourth-order valence-corrected chi connectivity index (χ4v) is 1.57. The van der Waals surface area contributed by atoms with Gasteiger partial charge in [0.15, 0.2) is 0 Å². The number of carbonyl (C=O) groups is 2. The fraction of sp³-hybridized carbons (Fsp3) is 0.800. The maximum absolute atomic E-state index is 11.6. The topological polar surface area (TPSA) is 104 Å². The van der Waals surface area contributed by atoms with E-state index in [9.17, 15) is 18.0 Å². The summed E-state index contributed by atoms with van der Waals surface area (Å²) in [7, 11) is -2.10. The van der Waals surface area contributed by atoms with Gasteiger partial charge in [0.1, 0.15) is 0 Å². The Labute approximate surface area is 107 Å². The summed E-state index contributed by atoms with van der Waals surface area (Å²) in [4.78, 5) is 22.0.